The van der Waals surface area contributed by atoms with Crippen LogP contribution in [-0.2, 0) is 6.54 Å². The van der Waals surface area contributed by atoms with E-state index in [1.165, 1.54) is 11.1 Å². The number of hydrogen-bond acceptors (Lipinski definition) is 3. The maximum Gasteiger partial charge on any atom is 0.106 e. The van der Waals surface area contributed by atoms with Gasteiger partial charge in [0.1, 0.15) is 4.99 Å². The molecule has 1 heterocycles. The minimum atomic E-state index is 0.450. The summed E-state index contributed by atoms with van der Waals surface area (Å²) in [5.41, 5.74) is 10.4. The molecule has 0 amide bonds. The molecule has 0 aliphatic rings. The largest absolute Gasteiger partial charge is 0.389 e. The SMILES string of the molecule is Cc1cccc(C(N)=S)c1N(C)Cc1ccsc1. The molecule has 0 bridgehead atoms. The van der Waals surface area contributed by atoms with E-state index in [0.717, 1.165) is 17.8 Å². The number of hydrogen-bond donors (Lipinski definition) is 1. The van der Waals surface area contributed by atoms with Gasteiger partial charge in [-0.05, 0) is 40.9 Å². The van der Waals surface area contributed by atoms with Crippen LogP contribution in [0, 0.1) is 6.92 Å². The second-order valence-electron chi connectivity index (χ2n) is 4.32. The van der Waals surface area contributed by atoms with Gasteiger partial charge in [-0.15, -0.1) is 0 Å². The summed E-state index contributed by atoms with van der Waals surface area (Å²) in [6, 6.07) is 8.20. The molecule has 1 aromatic carbocycles. The van der Waals surface area contributed by atoms with Gasteiger partial charge in [-0.25, -0.2) is 0 Å². The van der Waals surface area contributed by atoms with Gasteiger partial charge in [-0.2, -0.15) is 11.3 Å². The van der Waals surface area contributed by atoms with Crippen molar-refractivity contribution in [2.75, 3.05) is 11.9 Å². The molecule has 2 N–H and O–H groups in total. The smallest absolute Gasteiger partial charge is 0.106 e. The third-order valence-corrected chi connectivity index (χ3v) is 3.84. The van der Waals surface area contributed by atoms with Crippen molar-refractivity contribution in [3.8, 4) is 0 Å². The molecular formula is C14H16N2S2. The fourth-order valence-corrected chi connectivity index (χ4v) is 2.92. The molecule has 2 aromatic rings. The summed E-state index contributed by atoms with van der Waals surface area (Å²) in [5.74, 6) is 0. The van der Waals surface area contributed by atoms with Crippen molar-refractivity contribution in [1.82, 2.24) is 0 Å². The van der Waals surface area contributed by atoms with Gasteiger partial charge in [0.15, 0.2) is 0 Å². The second kappa shape index (κ2) is 5.50. The number of thiocarbonyl (C=S) groups is 1. The molecule has 0 saturated heterocycles. The molecule has 18 heavy (non-hydrogen) atoms. The van der Waals surface area contributed by atoms with Crippen LogP contribution in [0.4, 0.5) is 5.69 Å². The van der Waals surface area contributed by atoms with E-state index in [-0.39, 0.29) is 0 Å². The number of anilines is 1. The summed E-state index contributed by atoms with van der Waals surface area (Å²) >= 11 is 6.84. The Kier molecular flexibility index (Phi) is 3.99. The van der Waals surface area contributed by atoms with Crippen molar-refractivity contribution < 1.29 is 0 Å². The Morgan fingerprint density at radius 3 is 2.78 bits per heavy atom. The maximum atomic E-state index is 5.80. The highest BCUT2D eigenvalue weighted by Gasteiger charge is 2.12. The van der Waals surface area contributed by atoms with Crippen LogP contribution >= 0.6 is 23.6 Å². The Bertz CT molecular complexity index is 547. The van der Waals surface area contributed by atoms with E-state index in [1.807, 2.05) is 12.1 Å². The lowest BCUT2D eigenvalue weighted by Gasteiger charge is -2.24. The highest BCUT2D eigenvalue weighted by molar-refractivity contribution is 7.80. The summed E-state index contributed by atoms with van der Waals surface area (Å²) < 4.78 is 0. The molecule has 0 atom stereocenters. The van der Waals surface area contributed by atoms with Crippen LogP contribution in [-0.4, -0.2) is 12.0 Å². The number of para-hydroxylation sites is 1. The van der Waals surface area contributed by atoms with E-state index in [9.17, 15) is 0 Å². The summed E-state index contributed by atoms with van der Waals surface area (Å²) in [6.07, 6.45) is 0. The van der Waals surface area contributed by atoms with Gasteiger partial charge in [0.2, 0.25) is 0 Å². The third-order valence-electron chi connectivity index (χ3n) is 2.88. The zero-order valence-corrected chi connectivity index (χ0v) is 12.1. The van der Waals surface area contributed by atoms with Crippen molar-refractivity contribution in [1.29, 1.82) is 0 Å². The lowest BCUT2D eigenvalue weighted by atomic mass is 10.1. The molecule has 2 nitrogen and oxygen atoms in total. The lowest BCUT2D eigenvalue weighted by molar-refractivity contribution is 0.920. The van der Waals surface area contributed by atoms with Gasteiger partial charge < -0.3 is 10.6 Å². The van der Waals surface area contributed by atoms with Crippen LogP contribution in [0.5, 0.6) is 0 Å². The molecule has 0 unspecified atom stereocenters. The molecule has 0 fully saturated rings. The van der Waals surface area contributed by atoms with Crippen LogP contribution < -0.4 is 10.6 Å². The molecule has 1 aromatic heterocycles. The predicted octanol–water partition coefficient (Wildman–Crippen LogP) is 3.33. The zero-order chi connectivity index (χ0) is 13.1. The van der Waals surface area contributed by atoms with Crippen molar-refractivity contribution >= 4 is 34.2 Å². The number of aryl methyl sites for hydroxylation is 1. The Morgan fingerprint density at radius 1 is 1.39 bits per heavy atom. The first-order valence-corrected chi connectivity index (χ1v) is 7.06. The first-order chi connectivity index (χ1) is 8.59. The van der Waals surface area contributed by atoms with Crippen molar-refractivity contribution in [3.63, 3.8) is 0 Å². The fraction of sp³-hybridized carbons (Fsp3) is 0.214. The van der Waals surface area contributed by atoms with E-state index < -0.39 is 0 Å². The number of nitrogens with two attached hydrogens (primary N) is 1. The molecule has 0 saturated carbocycles. The zero-order valence-electron chi connectivity index (χ0n) is 10.5. The topological polar surface area (TPSA) is 29.3 Å². The summed E-state index contributed by atoms with van der Waals surface area (Å²) in [6.45, 7) is 2.95. The third kappa shape index (κ3) is 2.71. The van der Waals surface area contributed by atoms with Gasteiger partial charge >= 0.3 is 0 Å². The molecule has 0 radical (unpaired) electrons. The first kappa shape index (κ1) is 13.1. The van der Waals surface area contributed by atoms with Gasteiger partial charge in [0.05, 0.1) is 0 Å². The molecule has 0 spiro atoms. The predicted molar refractivity (Wildman–Crippen MR) is 83.5 cm³/mol. The average molecular weight is 276 g/mol. The van der Waals surface area contributed by atoms with Gasteiger partial charge in [-0.3, -0.25) is 0 Å². The summed E-state index contributed by atoms with van der Waals surface area (Å²) in [4.78, 5) is 2.65. The van der Waals surface area contributed by atoms with E-state index in [2.05, 4.69) is 41.8 Å². The molecule has 2 rings (SSSR count). The minimum absolute atomic E-state index is 0.450. The quantitative estimate of drug-likeness (QED) is 0.869. The summed E-state index contributed by atoms with van der Waals surface area (Å²) in [5, 5.41) is 4.25. The molecule has 0 aliphatic carbocycles. The van der Waals surface area contributed by atoms with Crippen LogP contribution in [0.3, 0.4) is 0 Å². The molecule has 4 heteroatoms. The van der Waals surface area contributed by atoms with Crippen LogP contribution in [0.25, 0.3) is 0 Å². The number of nitrogens with zero attached hydrogens (tertiary/aromatic N) is 1. The van der Waals surface area contributed by atoms with Crippen molar-refractivity contribution in [3.05, 3.63) is 51.7 Å². The number of benzene rings is 1. The monoisotopic (exact) mass is 276 g/mol. The molecule has 0 aliphatic heterocycles. The molecular weight excluding hydrogens is 260 g/mol. The van der Waals surface area contributed by atoms with Crippen LogP contribution in [0.2, 0.25) is 0 Å². The normalized spacial score (nSPS) is 10.3. The Balaban J connectivity index is 2.34. The van der Waals surface area contributed by atoms with Crippen molar-refractivity contribution in [2.24, 2.45) is 5.73 Å². The van der Waals surface area contributed by atoms with Gasteiger partial charge in [-0.1, -0.05) is 24.4 Å². The number of rotatable bonds is 4. The Morgan fingerprint density at radius 2 is 2.17 bits per heavy atom. The Hall–Kier alpha value is -1.39. The van der Waals surface area contributed by atoms with E-state index in [1.54, 1.807) is 11.3 Å². The minimum Gasteiger partial charge on any atom is -0.389 e. The lowest BCUT2D eigenvalue weighted by Crippen LogP contribution is -2.22. The van der Waals surface area contributed by atoms with Crippen LogP contribution in [0.15, 0.2) is 35.0 Å². The summed E-state index contributed by atoms with van der Waals surface area (Å²) in [7, 11) is 2.07. The fourth-order valence-electron chi connectivity index (χ4n) is 2.10. The van der Waals surface area contributed by atoms with Crippen LogP contribution in [0.1, 0.15) is 16.7 Å². The highest BCUT2D eigenvalue weighted by Crippen LogP contribution is 2.26. The standard InChI is InChI=1S/C14H16N2S2/c1-10-4-3-5-12(14(15)17)13(10)16(2)8-11-6-7-18-9-11/h3-7,9H,8H2,1-2H3,(H2,15,17). The maximum absolute atomic E-state index is 5.80. The van der Waals surface area contributed by atoms with E-state index in [0.29, 0.717) is 4.99 Å². The second-order valence-corrected chi connectivity index (χ2v) is 5.54. The van der Waals surface area contributed by atoms with Crippen molar-refractivity contribution in [2.45, 2.75) is 13.5 Å². The van der Waals surface area contributed by atoms with Gasteiger partial charge in [0, 0.05) is 24.8 Å². The highest BCUT2D eigenvalue weighted by atomic mass is 32.1. The first-order valence-electron chi connectivity index (χ1n) is 5.71. The number of thiophene rings is 1. The van der Waals surface area contributed by atoms with E-state index in [4.69, 9.17) is 18.0 Å². The Labute approximate surface area is 117 Å². The average Bonchev–Trinajstić information content (AvgIpc) is 2.81. The molecule has 94 valence electrons. The van der Waals surface area contributed by atoms with E-state index >= 15 is 0 Å². The van der Waals surface area contributed by atoms with Gasteiger partial charge in [0.25, 0.3) is 0 Å².